The van der Waals surface area contributed by atoms with Gasteiger partial charge in [0.15, 0.2) is 5.16 Å². The van der Waals surface area contributed by atoms with Crippen LogP contribution in [0, 0.1) is 0 Å². The van der Waals surface area contributed by atoms with E-state index in [1.54, 1.807) is 23.5 Å². The molecular weight excluding hydrogens is 493 g/mol. The predicted molar refractivity (Wildman–Crippen MR) is 124 cm³/mol. The number of thiophene rings is 1. The number of thioether (sulfide) groups is 1. The Kier molecular flexibility index (Phi) is 7.06. The number of benzene rings is 2. The van der Waals surface area contributed by atoms with Crippen molar-refractivity contribution in [3.8, 4) is 5.69 Å². The monoisotopic (exact) mass is 508 g/mol. The third kappa shape index (κ3) is 5.76. The fourth-order valence-electron chi connectivity index (χ4n) is 3.08. The van der Waals surface area contributed by atoms with Crippen LogP contribution in [0.25, 0.3) is 5.69 Å². The molecule has 0 radical (unpaired) electrons. The lowest BCUT2D eigenvalue weighted by atomic mass is 10.1. The van der Waals surface area contributed by atoms with Crippen molar-refractivity contribution in [2.45, 2.75) is 17.8 Å². The van der Waals surface area contributed by atoms with Gasteiger partial charge in [-0.05, 0) is 47.8 Å². The van der Waals surface area contributed by atoms with Crippen LogP contribution in [-0.4, -0.2) is 26.4 Å². The molecule has 0 aliphatic carbocycles. The van der Waals surface area contributed by atoms with Gasteiger partial charge in [0.2, 0.25) is 5.91 Å². The average molecular weight is 509 g/mol. The minimum Gasteiger partial charge on any atom is -0.325 e. The van der Waals surface area contributed by atoms with Crippen LogP contribution in [0.5, 0.6) is 0 Å². The molecule has 0 atom stereocenters. The van der Waals surface area contributed by atoms with Gasteiger partial charge < -0.3 is 5.32 Å². The second-order valence-corrected chi connectivity index (χ2v) is 9.26. The number of hydrogen-bond donors (Lipinski definition) is 1. The largest absolute Gasteiger partial charge is 0.418 e. The Morgan fingerprint density at radius 1 is 1.06 bits per heavy atom. The van der Waals surface area contributed by atoms with Gasteiger partial charge in [-0.1, -0.05) is 41.6 Å². The molecule has 1 N–H and O–H groups in total. The Hall–Kier alpha value is -2.82. The Labute approximate surface area is 200 Å². The quantitative estimate of drug-likeness (QED) is 0.297. The Morgan fingerprint density at radius 3 is 2.52 bits per heavy atom. The highest BCUT2D eigenvalue weighted by Crippen LogP contribution is 2.34. The summed E-state index contributed by atoms with van der Waals surface area (Å²) in [5, 5.41) is 13.8. The molecule has 170 valence electrons. The highest BCUT2D eigenvalue weighted by Gasteiger charge is 2.33. The number of nitrogens with one attached hydrogen (secondary N) is 1. The van der Waals surface area contributed by atoms with Crippen molar-refractivity contribution in [1.29, 1.82) is 0 Å². The van der Waals surface area contributed by atoms with E-state index in [1.807, 2.05) is 34.2 Å². The number of hydrogen-bond acceptors (Lipinski definition) is 5. The Bertz CT molecular complexity index is 1240. The molecule has 0 saturated heterocycles. The number of rotatable bonds is 7. The molecule has 2 aromatic carbocycles. The van der Waals surface area contributed by atoms with Gasteiger partial charge in [-0.3, -0.25) is 9.36 Å². The zero-order valence-corrected chi connectivity index (χ0v) is 19.2. The van der Waals surface area contributed by atoms with Crippen LogP contribution in [0.4, 0.5) is 18.9 Å². The third-order valence-corrected chi connectivity index (χ3v) is 6.59. The van der Waals surface area contributed by atoms with Crippen molar-refractivity contribution >= 4 is 46.3 Å². The highest BCUT2D eigenvalue weighted by molar-refractivity contribution is 7.99. The van der Waals surface area contributed by atoms with Crippen LogP contribution in [-0.2, 0) is 17.4 Å². The van der Waals surface area contributed by atoms with E-state index in [4.69, 9.17) is 11.6 Å². The number of carbonyl (C=O) groups is 1. The molecule has 5 nitrogen and oxygen atoms in total. The molecular formula is C22H16ClF3N4OS2. The molecule has 33 heavy (non-hydrogen) atoms. The number of para-hydroxylation sites is 1. The van der Waals surface area contributed by atoms with Crippen molar-refractivity contribution < 1.29 is 18.0 Å². The van der Waals surface area contributed by atoms with Crippen LogP contribution in [0.3, 0.4) is 0 Å². The van der Waals surface area contributed by atoms with E-state index in [9.17, 15) is 18.0 Å². The van der Waals surface area contributed by atoms with Crippen molar-refractivity contribution in [2.24, 2.45) is 0 Å². The minimum absolute atomic E-state index is 0.142. The molecule has 2 aromatic heterocycles. The standard InChI is InChI=1S/C22H16ClF3N4OS2/c23-14-7-9-15(10-8-14)30-19(12-16-4-3-11-32-16)28-29-21(30)33-13-20(31)27-18-6-2-1-5-17(18)22(24,25)26/h1-11H,12-13H2,(H,27,31). The summed E-state index contributed by atoms with van der Waals surface area (Å²) >= 11 is 8.69. The first-order valence-corrected chi connectivity index (χ1v) is 11.9. The number of anilines is 1. The summed E-state index contributed by atoms with van der Waals surface area (Å²) in [6.45, 7) is 0. The predicted octanol–water partition coefficient (Wildman–Crippen LogP) is 6.32. The third-order valence-electron chi connectivity index (χ3n) is 4.54. The summed E-state index contributed by atoms with van der Waals surface area (Å²) in [4.78, 5) is 13.5. The second kappa shape index (κ2) is 9.98. The van der Waals surface area contributed by atoms with Crippen LogP contribution in [0.2, 0.25) is 5.02 Å². The van der Waals surface area contributed by atoms with Crippen molar-refractivity contribution in [3.05, 3.63) is 87.3 Å². The smallest absolute Gasteiger partial charge is 0.325 e. The molecule has 11 heteroatoms. The molecule has 2 heterocycles. The lowest BCUT2D eigenvalue weighted by molar-refractivity contribution is -0.137. The molecule has 0 unspecified atom stereocenters. The van der Waals surface area contributed by atoms with Crippen LogP contribution < -0.4 is 5.32 Å². The van der Waals surface area contributed by atoms with E-state index in [0.29, 0.717) is 22.4 Å². The van der Waals surface area contributed by atoms with Gasteiger partial charge in [-0.25, -0.2) is 0 Å². The normalized spacial score (nSPS) is 11.5. The molecule has 4 rings (SSSR count). The highest BCUT2D eigenvalue weighted by atomic mass is 35.5. The van der Waals surface area contributed by atoms with Crippen molar-refractivity contribution in [3.63, 3.8) is 0 Å². The summed E-state index contributed by atoms with van der Waals surface area (Å²) < 4.78 is 41.4. The van der Waals surface area contributed by atoms with Crippen molar-refractivity contribution in [2.75, 3.05) is 11.1 Å². The minimum atomic E-state index is -4.57. The summed E-state index contributed by atoms with van der Waals surface area (Å²) in [7, 11) is 0. The van der Waals surface area contributed by atoms with Gasteiger partial charge in [0.1, 0.15) is 5.82 Å². The summed E-state index contributed by atoms with van der Waals surface area (Å²) in [6, 6.07) is 15.9. The van der Waals surface area contributed by atoms with Gasteiger partial charge in [-0.15, -0.1) is 21.5 Å². The van der Waals surface area contributed by atoms with Crippen LogP contribution in [0.1, 0.15) is 16.3 Å². The van der Waals surface area contributed by atoms with E-state index >= 15 is 0 Å². The maximum absolute atomic E-state index is 13.2. The lowest BCUT2D eigenvalue weighted by Crippen LogP contribution is -2.18. The fraction of sp³-hybridized carbons (Fsp3) is 0.136. The van der Waals surface area contributed by atoms with E-state index in [1.165, 1.54) is 18.2 Å². The van der Waals surface area contributed by atoms with Gasteiger partial charge >= 0.3 is 6.18 Å². The number of alkyl halides is 3. The summed E-state index contributed by atoms with van der Waals surface area (Å²) in [6.07, 6.45) is -4.03. The number of aromatic nitrogens is 3. The molecule has 1 amide bonds. The topological polar surface area (TPSA) is 59.8 Å². The van der Waals surface area contributed by atoms with Crippen molar-refractivity contribution in [1.82, 2.24) is 14.8 Å². The van der Waals surface area contributed by atoms with Gasteiger partial charge in [0.25, 0.3) is 0 Å². The molecule has 0 saturated carbocycles. The second-order valence-electron chi connectivity index (χ2n) is 6.85. The zero-order valence-electron chi connectivity index (χ0n) is 16.8. The Balaban J connectivity index is 1.54. The zero-order chi connectivity index (χ0) is 23.4. The molecule has 0 aliphatic heterocycles. The van der Waals surface area contributed by atoms with Crippen LogP contribution in [0.15, 0.2) is 71.2 Å². The summed E-state index contributed by atoms with van der Waals surface area (Å²) in [5.41, 5.74) is -0.416. The van der Waals surface area contributed by atoms with Gasteiger partial charge in [0, 0.05) is 22.0 Å². The molecule has 0 spiro atoms. The first kappa shape index (κ1) is 23.3. The van der Waals surface area contributed by atoms with Crippen LogP contribution >= 0.6 is 34.7 Å². The number of halogens is 4. The lowest BCUT2D eigenvalue weighted by Gasteiger charge is -2.13. The van der Waals surface area contributed by atoms with Gasteiger partial charge in [-0.2, -0.15) is 13.2 Å². The Morgan fingerprint density at radius 2 is 1.82 bits per heavy atom. The fourth-order valence-corrected chi connectivity index (χ4v) is 4.68. The van der Waals surface area contributed by atoms with Gasteiger partial charge in [0.05, 0.1) is 17.0 Å². The molecule has 0 fully saturated rings. The van der Waals surface area contributed by atoms with E-state index in [-0.39, 0.29) is 11.4 Å². The number of carbonyl (C=O) groups excluding carboxylic acids is 1. The van der Waals surface area contributed by atoms with E-state index in [0.717, 1.165) is 28.4 Å². The number of nitrogens with zero attached hydrogens (tertiary/aromatic N) is 3. The average Bonchev–Trinajstić information content (AvgIpc) is 3.43. The maximum atomic E-state index is 13.2. The summed E-state index contributed by atoms with van der Waals surface area (Å²) in [5.74, 6) is -0.0519. The maximum Gasteiger partial charge on any atom is 0.418 e. The first-order chi connectivity index (χ1) is 15.8. The number of amides is 1. The molecule has 4 aromatic rings. The molecule has 0 bridgehead atoms. The first-order valence-electron chi connectivity index (χ1n) is 9.63. The van der Waals surface area contributed by atoms with E-state index < -0.39 is 17.6 Å². The van der Waals surface area contributed by atoms with E-state index in [2.05, 4.69) is 15.5 Å². The SMILES string of the molecule is O=C(CSc1nnc(Cc2cccs2)n1-c1ccc(Cl)cc1)Nc1ccccc1C(F)(F)F. The molecule has 0 aliphatic rings.